The van der Waals surface area contributed by atoms with Crippen molar-refractivity contribution in [2.75, 3.05) is 0 Å². The Bertz CT molecular complexity index is 534. The van der Waals surface area contributed by atoms with Crippen LogP contribution < -0.4 is 5.32 Å². The molecule has 0 unspecified atom stereocenters. The topological polar surface area (TPSA) is 32.3 Å². The van der Waals surface area contributed by atoms with Crippen molar-refractivity contribution in [2.24, 2.45) is 5.92 Å². The van der Waals surface area contributed by atoms with E-state index in [9.17, 15) is 5.11 Å². The molecule has 2 nitrogen and oxygen atoms in total. The van der Waals surface area contributed by atoms with Crippen molar-refractivity contribution in [1.82, 2.24) is 5.32 Å². The largest absolute Gasteiger partial charge is 0.379 e. The normalized spacial score (nSPS) is 13.5. The first-order valence-corrected chi connectivity index (χ1v) is 8.54. The summed E-state index contributed by atoms with van der Waals surface area (Å²) in [5, 5.41) is 15.4. The van der Waals surface area contributed by atoms with Gasteiger partial charge in [-0.25, -0.2) is 0 Å². The molecule has 0 saturated carbocycles. The highest BCUT2D eigenvalue weighted by Gasteiger charge is 2.40. The van der Waals surface area contributed by atoms with Crippen molar-refractivity contribution in [3.05, 3.63) is 71.8 Å². The summed E-state index contributed by atoms with van der Waals surface area (Å²) in [5.41, 5.74) is 0.826. The van der Waals surface area contributed by atoms with E-state index in [1.165, 1.54) is 0 Å². The smallest absolute Gasteiger partial charge is 0.130 e. The maximum atomic E-state index is 11.8. The lowest BCUT2D eigenvalue weighted by Crippen LogP contribution is -2.52. The Labute approximate surface area is 142 Å². The molecule has 0 spiro atoms. The Morgan fingerprint density at radius 3 is 1.65 bits per heavy atom. The summed E-state index contributed by atoms with van der Waals surface area (Å²) in [6, 6.07) is 20.3. The van der Waals surface area contributed by atoms with E-state index < -0.39 is 5.60 Å². The highest BCUT2D eigenvalue weighted by molar-refractivity contribution is 5.38. The number of aliphatic hydroxyl groups is 1. The van der Waals surface area contributed by atoms with Crippen LogP contribution in [0.25, 0.3) is 0 Å². The average molecular weight is 314 g/mol. The van der Waals surface area contributed by atoms with Crippen LogP contribution in [0.1, 0.15) is 46.7 Å². The molecule has 0 amide bonds. The second-order valence-electron chi connectivity index (χ2n) is 7.00. The predicted octanol–water partition coefficient (Wildman–Crippen LogP) is 4.58. The zero-order valence-corrected chi connectivity index (χ0v) is 14.7. The van der Waals surface area contributed by atoms with Crippen molar-refractivity contribution in [3.8, 4) is 0 Å². The van der Waals surface area contributed by atoms with Crippen LogP contribution in [0.15, 0.2) is 60.7 Å². The molecule has 0 fully saturated rings. The molecular formula is C21H31NO. The van der Waals surface area contributed by atoms with Gasteiger partial charge < -0.3 is 10.4 Å². The van der Waals surface area contributed by atoms with Gasteiger partial charge in [0.15, 0.2) is 0 Å². The van der Waals surface area contributed by atoms with Gasteiger partial charge in [-0.05, 0) is 23.5 Å². The second kappa shape index (κ2) is 7.76. The van der Waals surface area contributed by atoms with Crippen LogP contribution in [-0.2, 0) is 5.60 Å². The van der Waals surface area contributed by atoms with E-state index in [1.54, 1.807) is 0 Å². The van der Waals surface area contributed by atoms with Gasteiger partial charge in [0, 0.05) is 13.5 Å². The summed E-state index contributed by atoms with van der Waals surface area (Å²) in [4.78, 5) is 0. The fraction of sp³-hybridized carbons (Fsp3) is 0.429. The molecule has 2 heteroatoms. The van der Waals surface area contributed by atoms with Crippen molar-refractivity contribution in [1.29, 1.82) is 0 Å². The highest BCUT2D eigenvalue weighted by Crippen LogP contribution is 2.35. The lowest BCUT2D eigenvalue weighted by atomic mass is 9.77. The fourth-order valence-electron chi connectivity index (χ4n) is 3.19. The average Bonchev–Trinajstić information content (AvgIpc) is 2.54. The van der Waals surface area contributed by atoms with Gasteiger partial charge >= 0.3 is 0 Å². The quantitative estimate of drug-likeness (QED) is 0.784. The van der Waals surface area contributed by atoms with E-state index in [2.05, 4.69) is 33.0 Å². The van der Waals surface area contributed by atoms with E-state index in [0.717, 1.165) is 17.5 Å². The molecule has 0 saturated heterocycles. The van der Waals surface area contributed by atoms with E-state index >= 15 is 0 Å². The van der Waals surface area contributed by atoms with Gasteiger partial charge in [0.1, 0.15) is 5.60 Å². The third kappa shape index (κ3) is 4.21. The molecule has 0 aliphatic carbocycles. The molecule has 0 aliphatic heterocycles. The van der Waals surface area contributed by atoms with Gasteiger partial charge in [-0.1, -0.05) is 88.4 Å². The number of nitrogens with one attached hydrogen (secondary N) is 1. The molecule has 0 aromatic heterocycles. The molecular weight excluding hydrogens is 282 g/mol. The van der Waals surface area contributed by atoms with E-state index in [-0.39, 0.29) is 7.47 Å². The standard InChI is InChI=1S/C21H29NO.H2/c1-16(2)15-20(22-17(3)4)21(23,18-11-7-5-8-12-18)19-13-9-6-10-14-19;/h5-14,16-17,20,22-23H,15H2,1-4H3;1H/t20-;/m0./s1/i;1+1. The minimum Gasteiger partial charge on any atom is -0.379 e. The van der Waals surface area contributed by atoms with Crippen molar-refractivity contribution in [2.45, 2.75) is 51.8 Å². The first-order chi connectivity index (χ1) is 10.9. The minimum atomic E-state index is -1.04. The number of rotatable bonds is 7. The Kier molecular flexibility index (Phi) is 5.97. The third-order valence-electron chi connectivity index (χ3n) is 4.17. The maximum absolute atomic E-state index is 11.8. The van der Waals surface area contributed by atoms with Gasteiger partial charge in [0.2, 0.25) is 0 Å². The lowest BCUT2D eigenvalue weighted by molar-refractivity contribution is 0.0256. The number of benzene rings is 2. The summed E-state index contributed by atoms with van der Waals surface area (Å²) < 4.78 is 0. The van der Waals surface area contributed by atoms with E-state index in [4.69, 9.17) is 0 Å². The molecule has 0 aliphatic rings. The van der Waals surface area contributed by atoms with Gasteiger partial charge in [-0.3, -0.25) is 0 Å². The molecule has 1 atom stereocenters. The summed E-state index contributed by atoms with van der Waals surface area (Å²) in [6.07, 6.45) is 0.901. The maximum Gasteiger partial charge on any atom is 0.130 e. The van der Waals surface area contributed by atoms with Gasteiger partial charge in [-0.15, -0.1) is 0 Å². The highest BCUT2D eigenvalue weighted by atomic mass is 16.3. The first-order valence-electron chi connectivity index (χ1n) is 8.54. The molecule has 0 bridgehead atoms. The fourth-order valence-corrected chi connectivity index (χ4v) is 3.19. The van der Waals surface area contributed by atoms with E-state index in [0.29, 0.717) is 12.0 Å². The molecule has 0 heterocycles. The third-order valence-corrected chi connectivity index (χ3v) is 4.17. The Morgan fingerprint density at radius 1 is 0.870 bits per heavy atom. The van der Waals surface area contributed by atoms with Crippen LogP contribution in [0.4, 0.5) is 0 Å². The van der Waals surface area contributed by atoms with E-state index in [1.807, 2.05) is 60.7 Å². The Morgan fingerprint density at radius 2 is 1.30 bits per heavy atom. The Balaban J connectivity index is 0.00000288. The van der Waals surface area contributed by atoms with Crippen LogP contribution in [0.5, 0.6) is 0 Å². The molecule has 2 N–H and O–H groups in total. The van der Waals surface area contributed by atoms with Crippen LogP contribution in [0, 0.1) is 5.92 Å². The van der Waals surface area contributed by atoms with Crippen LogP contribution in [-0.4, -0.2) is 17.2 Å². The molecule has 23 heavy (non-hydrogen) atoms. The summed E-state index contributed by atoms with van der Waals surface area (Å²) in [6.45, 7) is 8.66. The molecule has 0 radical (unpaired) electrons. The van der Waals surface area contributed by atoms with Crippen LogP contribution in [0.3, 0.4) is 0 Å². The first kappa shape index (κ1) is 17.7. The molecule has 2 aromatic rings. The number of hydrogen-bond acceptors (Lipinski definition) is 2. The molecule has 2 aromatic carbocycles. The van der Waals surface area contributed by atoms with Gasteiger partial charge in [0.05, 0.1) is 0 Å². The second-order valence-corrected chi connectivity index (χ2v) is 7.00. The van der Waals surface area contributed by atoms with Gasteiger partial charge in [-0.2, -0.15) is 0 Å². The summed E-state index contributed by atoms with van der Waals surface area (Å²) >= 11 is 0. The Hall–Kier alpha value is -1.64. The summed E-state index contributed by atoms with van der Waals surface area (Å²) in [5.74, 6) is 0.491. The predicted molar refractivity (Wildman–Crippen MR) is 99.5 cm³/mol. The van der Waals surface area contributed by atoms with Crippen molar-refractivity contribution >= 4 is 0 Å². The van der Waals surface area contributed by atoms with Crippen LogP contribution in [0.2, 0.25) is 0 Å². The zero-order chi connectivity index (χ0) is 16.9. The van der Waals surface area contributed by atoms with Crippen LogP contribution >= 0.6 is 0 Å². The SMILES string of the molecule is CC(C)C[C@H](NC(C)C)C(O)(c1ccccc1)c1ccccc1.[2HH]. The minimum absolute atomic E-state index is 0. The number of hydrogen-bond donors (Lipinski definition) is 2. The van der Waals surface area contributed by atoms with Crippen molar-refractivity contribution in [3.63, 3.8) is 0 Å². The monoisotopic (exact) mass is 314 g/mol. The zero-order valence-electron chi connectivity index (χ0n) is 14.7. The summed E-state index contributed by atoms with van der Waals surface area (Å²) in [7, 11) is 0. The van der Waals surface area contributed by atoms with Gasteiger partial charge in [0.25, 0.3) is 0 Å². The molecule has 126 valence electrons. The molecule has 2 rings (SSSR count). The lowest BCUT2D eigenvalue weighted by Gasteiger charge is -2.40. The van der Waals surface area contributed by atoms with Crippen molar-refractivity contribution < 1.29 is 6.53 Å².